The van der Waals surface area contributed by atoms with E-state index in [2.05, 4.69) is 20.7 Å². The van der Waals surface area contributed by atoms with Gasteiger partial charge in [0.2, 0.25) is 0 Å². The van der Waals surface area contributed by atoms with Gasteiger partial charge in [0.05, 0.1) is 7.11 Å². The van der Waals surface area contributed by atoms with Crippen molar-refractivity contribution >= 4 is 31.9 Å². The topological polar surface area (TPSA) is 72.5 Å². The van der Waals surface area contributed by atoms with Gasteiger partial charge in [-0.1, -0.05) is 15.9 Å². The number of halogens is 3. The summed E-state index contributed by atoms with van der Waals surface area (Å²) in [5.41, 5.74) is 0. The van der Waals surface area contributed by atoms with Crippen LogP contribution in [0.2, 0.25) is 0 Å². The summed E-state index contributed by atoms with van der Waals surface area (Å²) in [7, 11) is -3.56. The SMILES string of the molecule is COC(=O)C(Br)CNS(=O)(=O)C(F)F. The zero-order valence-corrected chi connectivity index (χ0v) is 9.44. The quantitative estimate of drug-likeness (QED) is 0.575. The van der Waals surface area contributed by atoms with Crippen molar-refractivity contribution in [2.24, 2.45) is 0 Å². The van der Waals surface area contributed by atoms with Crippen LogP contribution in [0.1, 0.15) is 0 Å². The standard InChI is InChI=1S/C5H8BrF2NO4S/c1-13-4(10)3(6)2-9-14(11,12)5(7)8/h3,5,9H,2H2,1H3. The molecule has 1 atom stereocenters. The Morgan fingerprint density at radius 1 is 1.57 bits per heavy atom. The summed E-state index contributed by atoms with van der Waals surface area (Å²) >= 11 is 2.76. The second-order valence-corrected chi connectivity index (χ2v) is 4.99. The molecule has 9 heteroatoms. The first kappa shape index (κ1) is 13.7. The van der Waals surface area contributed by atoms with Crippen molar-refractivity contribution in [3.05, 3.63) is 0 Å². The second-order valence-electron chi connectivity index (χ2n) is 2.14. The van der Waals surface area contributed by atoms with Gasteiger partial charge in [-0.05, 0) is 0 Å². The molecule has 0 aromatic rings. The molecule has 1 unspecified atom stereocenters. The van der Waals surface area contributed by atoms with Crippen LogP contribution in [0.25, 0.3) is 0 Å². The number of rotatable bonds is 5. The molecular weight excluding hydrogens is 288 g/mol. The first-order valence-corrected chi connectivity index (χ1v) is 5.76. The lowest BCUT2D eigenvalue weighted by atomic mass is 10.4. The molecule has 0 aromatic heterocycles. The maximum Gasteiger partial charge on any atom is 0.350 e. The molecule has 0 fully saturated rings. The Labute approximate surface area is 88.0 Å². The van der Waals surface area contributed by atoms with E-state index < -0.39 is 33.1 Å². The number of hydrogen-bond donors (Lipinski definition) is 1. The summed E-state index contributed by atoms with van der Waals surface area (Å²) < 4.78 is 50.3. The zero-order valence-electron chi connectivity index (χ0n) is 7.04. The molecule has 84 valence electrons. The van der Waals surface area contributed by atoms with Gasteiger partial charge in [0.15, 0.2) is 0 Å². The lowest BCUT2D eigenvalue weighted by molar-refractivity contribution is -0.139. The highest BCUT2D eigenvalue weighted by molar-refractivity contribution is 9.10. The predicted molar refractivity (Wildman–Crippen MR) is 47.7 cm³/mol. The molecule has 0 aromatic carbocycles. The normalized spacial score (nSPS) is 14.1. The Morgan fingerprint density at radius 2 is 2.07 bits per heavy atom. The van der Waals surface area contributed by atoms with E-state index >= 15 is 0 Å². The van der Waals surface area contributed by atoms with Crippen molar-refractivity contribution in [2.45, 2.75) is 10.6 Å². The summed E-state index contributed by atoms with van der Waals surface area (Å²) in [5.74, 6) is -4.26. The maximum absolute atomic E-state index is 11.8. The number of carbonyl (C=O) groups excluding carboxylic acids is 1. The number of methoxy groups -OCH3 is 1. The minimum atomic E-state index is -4.66. The molecule has 0 heterocycles. The van der Waals surface area contributed by atoms with E-state index in [0.29, 0.717) is 0 Å². The van der Waals surface area contributed by atoms with Crippen LogP contribution in [0.4, 0.5) is 8.78 Å². The van der Waals surface area contributed by atoms with Gasteiger partial charge in [0.1, 0.15) is 4.83 Å². The van der Waals surface area contributed by atoms with Gasteiger partial charge in [-0.3, -0.25) is 4.79 Å². The first-order valence-electron chi connectivity index (χ1n) is 3.29. The molecule has 0 aliphatic heterocycles. The van der Waals surface area contributed by atoms with Gasteiger partial charge in [-0.25, -0.2) is 13.1 Å². The number of esters is 1. The van der Waals surface area contributed by atoms with Crippen LogP contribution in [-0.2, 0) is 19.6 Å². The fraction of sp³-hybridized carbons (Fsp3) is 0.800. The van der Waals surface area contributed by atoms with Crippen LogP contribution in [0.3, 0.4) is 0 Å². The monoisotopic (exact) mass is 295 g/mol. The van der Waals surface area contributed by atoms with Crippen LogP contribution in [0, 0.1) is 0 Å². The Morgan fingerprint density at radius 3 is 2.43 bits per heavy atom. The van der Waals surface area contributed by atoms with E-state index in [1.165, 1.54) is 0 Å². The lowest BCUT2D eigenvalue weighted by Crippen LogP contribution is -2.36. The number of carbonyl (C=O) groups is 1. The minimum Gasteiger partial charge on any atom is -0.468 e. The largest absolute Gasteiger partial charge is 0.468 e. The smallest absolute Gasteiger partial charge is 0.350 e. The summed E-state index contributed by atoms with van der Waals surface area (Å²) in [6, 6.07) is 0. The minimum absolute atomic E-state index is 0.487. The molecular formula is C5H8BrF2NO4S. The van der Waals surface area contributed by atoms with Crippen molar-refractivity contribution in [3.63, 3.8) is 0 Å². The Bertz CT molecular complexity index is 294. The Kier molecular flexibility index (Phi) is 5.45. The van der Waals surface area contributed by atoms with E-state index in [0.717, 1.165) is 7.11 Å². The average Bonchev–Trinajstić information content (AvgIpc) is 2.12. The zero-order chi connectivity index (χ0) is 11.4. The van der Waals surface area contributed by atoms with Crippen LogP contribution in [0.5, 0.6) is 0 Å². The fourth-order valence-corrected chi connectivity index (χ4v) is 1.55. The number of sulfonamides is 1. The van der Waals surface area contributed by atoms with Gasteiger partial charge >= 0.3 is 11.7 Å². The summed E-state index contributed by atoms with van der Waals surface area (Å²) in [6.45, 7) is -0.487. The van der Waals surface area contributed by atoms with Gasteiger partial charge in [-0.2, -0.15) is 8.78 Å². The Hall–Kier alpha value is -0.280. The van der Waals surface area contributed by atoms with Gasteiger partial charge in [0, 0.05) is 6.54 Å². The summed E-state index contributed by atoms with van der Waals surface area (Å²) in [6.07, 6.45) is 0. The summed E-state index contributed by atoms with van der Waals surface area (Å²) in [5, 5.41) is 0. The number of hydrogen-bond acceptors (Lipinski definition) is 4. The molecule has 0 saturated heterocycles. The summed E-state index contributed by atoms with van der Waals surface area (Å²) in [4.78, 5) is 9.72. The molecule has 0 bridgehead atoms. The molecule has 0 radical (unpaired) electrons. The third-order valence-corrected chi connectivity index (χ3v) is 2.89. The molecule has 1 N–H and O–H groups in total. The van der Waals surface area contributed by atoms with Crippen LogP contribution in [0.15, 0.2) is 0 Å². The molecule has 0 rings (SSSR count). The van der Waals surface area contributed by atoms with Crippen molar-refractivity contribution in [2.75, 3.05) is 13.7 Å². The number of nitrogens with one attached hydrogen (secondary N) is 1. The molecule has 0 amide bonds. The third-order valence-electron chi connectivity index (χ3n) is 1.16. The van der Waals surface area contributed by atoms with Crippen LogP contribution in [-0.4, -0.2) is 38.6 Å². The van der Waals surface area contributed by atoms with Crippen LogP contribution >= 0.6 is 15.9 Å². The lowest BCUT2D eigenvalue weighted by Gasteiger charge is -2.08. The maximum atomic E-state index is 11.8. The van der Waals surface area contributed by atoms with E-state index in [1.807, 2.05) is 0 Å². The molecule has 0 spiro atoms. The van der Waals surface area contributed by atoms with Crippen molar-refractivity contribution < 1.29 is 26.7 Å². The Balaban J connectivity index is 4.14. The van der Waals surface area contributed by atoms with Gasteiger partial charge < -0.3 is 4.74 Å². The molecule has 0 aliphatic carbocycles. The van der Waals surface area contributed by atoms with E-state index in [9.17, 15) is 22.0 Å². The molecule has 0 aliphatic rings. The molecule has 14 heavy (non-hydrogen) atoms. The van der Waals surface area contributed by atoms with E-state index in [1.54, 1.807) is 4.72 Å². The van der Waals surface area contributed by atoms with E-state index in [-0.39, 0.29) is 0 Å². The van der Waals surface area contributed by atoms with Crippen molar-refractivity contribution in [1.82, 2.24) is 4.72 Å². The van der Waals surface area contributed by atoms with E-state index in [4.69, 9.17) is 0 Å². The fourth-order valence-electron chi connectivity index (χ4n) is 0.464. The highest BCUT2D eigenvalue weighted by atomic mass is 79.9. The molecule has 5 nitrogen and oxygen atoms in total. The van der Waals surface area contributed by atoms with Crippen molar-refractivity contribution in [1.29, 1.82) is 0 Å². The average molecular weight is 296 g/mol. The highest BCUT2D eigenvalue weighted by Gasteiger charge is 2.26. The van der Waals surface area contributed by atoms with Gasteiger partial charge in [0.25, 0.3) is 10.0 Å². The van der Waals surface area contributed by atoms with Gasteiger partial charge in [-0.15, -0.1) is 0 Å². The highest BCUT2D eigenvalue weighted by Crippen LogP contribution is 2.05. The van der Waals surface area contributed by atoms with Crippen molar-refractivity contribution in [3.8, 4) is 0 Å². The predicted octanol–water partition coefficient (Wildman–Crippen LogP) is 0.0649. The number of ether oxygens (including phenoxy) is 1. The molecule has 0 saturated carbocycles. The first-order chi connectivity index (χ1) is 6.31. The van der Waals surface area contributed by atoms with Crippen LogP contribution < -0.4 is 4.72 Å². The second kappa shape index (κ2) is 5.56. The number of alkyl halides is 3. The third kappa shape index (κ3) is 4.29.